The van der Waals surface area contributed by atoms with Crippen molar-refractivity contribution in [2.45, 2.75) is 44.5 Å². The topological polar surface area (TPSA) is 23.5 Å². The number of rotatable bonds is 7. The van der Waals surface area contributed by atoms with Gasteiger partial charge in [0, 0.05) is 23.6 Å². The van der Waals surface area contributed by atoms with Crippen LogP contribution in [-0.4, -0.2) is 23.0 Å². The molecular formula is C15H24BrNO. The number of aliphatic hydroxyl groups excluding tert-OH is 1. The van der Waals surface area contributed by atoms with E-state index in [1.54, 1.807) is 0 Å². The molecule has 102 valence electrons. The van der Waals surface area contributed by atoms with Crippen LogP contribution in [0.5, 0.6) is 0 Å². The van der Waals surface area contributed by atoms with Crippen LogP contribution in [0.1, 0.15) is 45.3 Å². The van der Waals surface area contributed by atoms with Crippen LogP contribution in [-0.2, 0) is 0 Å². The summed E-state index contributed by atoms with van der Waals surface area (Å²) in [5.74, 6) is 0. The number of alkyl halides is 1. The summed E-state index contributed by atoms with van der Waals surface area (Å²) < 4.78 is 0. The summed E-state index contributed by atoms with van der Waals surface area (Å²) in [6.07, 6.45) is 1.87. The first-order chi connectivity index (χ1) is 8.60. The monoisotopic (exact) mass is 313 g/mol. The third kappa shape index (κ3) is 4.29. The fourth-order valence-electron chi connectivity index (χ4n) is 2.06. The second-order valence-corrected chi connectivity index (χ2v) is 6.15. The molecule has 2 atom stereocenters. The lowest BCUT2D eigenvalue weighted by Crippen LogP contribution is -2.24. The van der Waals surface area contributed by atoms with Gasteiger partial charge in [-0.2, -0.15) is 0 Å². The Morgan fingerprint density at radius 2 is 1.61 bits per heavy atom. The van der Waals surface area contributed by atoms with Crippen LogP contribution < -0.4 is 4.90 Å². The van der Waals surface area contributed by atoms with E-state index in [1.807, 2.05) is 19.1 Å². The number of aliphatic hydroxyl groups is 1. The molecule has 0 saturated heterocycles. The van der Waals surface area contributed by atoms with Crippen molar-refractivity contribution in [3.05, 3.63) is 29.8 Å². The molecular weight excluding hydrogens is 290 g/mol. The molecule has 2 nitrogen and oxygen atoms in total. The molecule has 0 saturated carbocycles. The highest BCUT2D eigenvalue weighted by Gasteiger charge is 2.13. The lowest BCUT2D eigenvalue weighted by molar-refractivity contribution is 0.181. The SMILES string of the molecule is CCCN(CCC)c1ccc(C(O)C(C)Br)cc1. The van der Waals surface area contributed by atoms with Gasteiger partial charge < -0.3 is 10.0 Å². The first kappa shape index (κ1) is 15.5. The van der Waals surface area contributed by atoms with Gasteiger partial charge in [-0.05, 0) is 37.5 Å². The van der Waals surface area contributed by atoms with Gasteiger partial charge in [-0.25, -0.2) is 0 Å². The van der Waals surface area contributed by atoms with E-state index in [0.717, 1.165) is 31.5 Å². The van der Waals surface area contributed by atoms with Crippen molar-refractivity contribution in [2.75, 3.05) is 18.0 Å². The maximum Gasteiger partial charge on any atom is 0.0912 e. The van der Waals surface area contributed by atoms with Crippen LogP contribution in [0.4, 0.5) is 5.69 Å². The first-order valence-corrected chi connectivity index (χ1v) is 7.68. The average molecular weight is 314 g/mol. The first-order valence-electron chi connectivity index (χ1n) is 6.77. The summed E-state index contributed by atoms with van der Waals surface area (Å²) in [6, 6.07) is 8.27. The second kappa shape index (κ2) is 7.80. The fraction of sp³-hybridized carbons (Fsp3) is 0.600. The molecule has 0 aliphatic heterocycles. The van der Waals surface area contributed by atoms with E-state index in [0.29, 0.717) is 0 Å². The Hall–Kier alpha value is -0.540. The number of hydrogen-bond donors (Lipinski definition) is 1. The molecule has 1 aromatic rings. The Bertz CT molecular complexity index is 331. The molecule has 0 fully saturated rings. The van der Waals surface area contributed by atoms with E-state index in [9.17, 15) is 5.11 Å². The molecule has 1 rings (SSSR count). The van der Waals surface area contributed by atoms with Crippen molar-refractivity contribution < 1.29 is 5.11 Å². The van der Waals surface area contributed by atoms with Gasteiger partial charge in [-0.15, -0.1) is 0 Å². The Balaban J connectivity index is 2.79. The molecule has 0 spiro atoms. The smallest absolute Gasteiger partial charge is 0.0912 e. The Labute approximate surface area is 119 Å². The summed E-state index contributed by atoms with van der Waals surface area (Å²) in [5, 5.41) is 9.97. The van der Waals surface area contributed by atoms with Gasteiger partial charge >= 0.3 is 0 Å². The highest BCUT2D eigenvalue weighted by molar-refractivity contribution is 9.09. The molecule has 0 bridgehead atoms. The molecule has 1 N–H and O–H groups in total. The highest BCUT2D eigenvalue weighted by atomic mass is 79.9. The van der Waals surface area contributed by atoms with Gasteiger partial charge in [0.1, 0.15) is 0 Å². The van der Waals surface area contributed by atoms with Crippen molar-refractivity contribution in [2.24, 2.45) is 0 Å². The summed E-state index contributed by atoms with van der Waals surface area (Å²) in [4.78, 5) is 2.47. The van der Waals surface area contributed by atoms with Gasteiger partial charge in [0.15, 0.2) is 0 Å². The van der Waals surface area contributed by atoms with Gasteiger partial charge in [0.2, 0.25) is 0 Å². The number of halogens is 1. The minimum absolute atomic E-state index is 0.0748. The van der Waals surface area contributed by atoms with Crippen molar-refractivity contribution in [1.82, 2.24) is 0 Å². The zero-order chi connectivity index (χ0) is 13.5. The largest absolute Gasteiger partial charge is 0.387 e. The van der Waals surface area contributed by atoms with Crippen molar-refractivity contribution >= 4 is 21.6 Å². The Morgan fingerprint density at radius 3 is 2.00 bits per heavy atom. The van der Waals surface area contributed by atoms with E-state index in [4.69, 9.17) is 0 Å². The van der Waals surface area contributed by atoms with Crippen molar-refractivity contribution in [3.8, 4) is 0 Å². The van der Waals surface area contributed by atoms with Gasteiger partial charge in [0.05, 0.1) is 6.10 Å². The Kier molecular flexibility index (Phi) is 6.72. The van der Waals surface area contributed by atoms with Crippen LogP contribution >= 0.6 is 15.9 Å². The highest BCUT2D eigenvalue weighted by Crippen LogP contribution is 2.24. The molecule has 0 radical (unpaired) electrons. The maximum atomic E-state index is 9.97. The molecule has 3 heteroatoms. The van der Waals surface area contributed by atoms with E-state index in [2.05, 4.69) is 46.8 Å². The van der Waals surface area contributed by atoms with Crippen molar-refractivity contribution in [1.29, 1.82) is 0 Å². The van der Waals surface area contributed by atoms with Gasteiger partial charge in [-0.1, -0.05) is 41.9 Å². The summed E-state index contributed by atoms with van der Waals surface area (Å²) in [7, 11) is 0. The van der Waals surface area contributed by atoms with E-state index in [-0.39, 0.29) is 4.83 Å². The molecule has 0 heterocycles. The molecule has 2 unspecified atom stereocenters. The van der Waals surface area contributed by atoms with Gasteiger partial charge in [0.25, 0.3) is 0 Å². The van der Waals surface area contributed by atoms with Crippen LogP contribution in [0, 0.1) is 0 Å². The Morgan fingerprint density at radius 1 is 1.11 bits per heavy atom. The third-order valence-electron chi connectivity index (χ3n) is 3.02. The molecule has 1 aromatic carbocycles. The zero-order valence-electron chi connectivity index (χ0n) is 11.6. The predicted octanol–water partition coefficient (Wildman–Crippen LogP) is 4.13. The minimum atomic E-state index is -0.440. The summed E-state index contributed by atoms with van der Waals surface area (Å²) in [6.45, 7) is 8.54. The van der Waals surface area contributed by atoms with E-state index >= 15 is 0 Å². The van der Waals surface area contributed by atoms with Gasteiger partial charge in [-0.3, -0.25) is 0 Å². The number of anilines is 1. The van der Waals surface area contributed by atoms with Crippen molar-refractivity contribution in [3.63, 3.8) is 0 Å². The van der Waals surface area contributed by atoms with Crippen LogP contribution in [0.25, 0.3) is 0 Å². The van der Waals surface area contributed by atoms with Crippen LogP contribution in [0.15, 0.2) is 24.3 Å². The molecule has 0 aliphatic carbocycles. The predicted molar refractivity (Wildman–Crippen MR) is 82.6 cm³/mol. The maximum absolute atomic E-state index is 9.97. The number of hydrogen-bond acceptors (Lipinski definition) is 2. The second-order valence-electron chi connectivity index (χ2n) is 4.70. The third-order valence-corrected chi connectivity index (χ3v) is 3.52. The van der Waals surface area contributed by atoms with E-state index < -0.39 is 6.10 Å². The van der Waals surface area contributed by atoms with Crippen LogP contribution in [0.2, 0.25) is 0 Å². The van der Waals surface area contributed by atoms with Crippen LogP contribution in [0.3, 0.4) is 0 Å². The minimum Gasteiger partial charge on any atom is -0.387 e. The van der Waals surface area contributed by atoms with E-state index in [1.165, 1.54) is 5.69 Å². The summed E-state index contributed by atoms with van der Waals surface area (Å²) in [5.41, 5.74) is 2.22. The molecule has 0 aromatic heterocycles. The molecule has 18 heavy (non-hydrogen) atoms. The molecule has 0 amide bonds. The lowest BCUT2D eigenvalue weighted by atomic mass is 10.1. The lowest BCUT2D eigenvalue weighted by Gasteiger charge is -2.24. The standard InChI is InChI=1S/C15H24BrNO/c1-4-10-17(11-5-2)14-8-6-13(7-9-14)15(18)12(3)16/h6-9,12,15,18H,4-5,10-11H2,1-3H3. The average Bonchev–Trinajstić information content (AvgIpc) is 2.38. The quantitative estimate of drug-likeness (QED) is 0.765. The fourth-order valence-corrected chi connectivity index (χ4v) is 2.36. The molecule has 0 aliphatic rings. The normalized spacial score (nSPS) is 14.3. The number of nitrogens with zero attached hydrogens (tertiary/aromatic N) is 1. The summed E-state index contributed by atoms with van der Waals surface area (Å²) >= 11 is 3.41. The zero-order valence-corrected chi connectivity index (χ0v) is 13.2. The number of benzene rings is 1.